The Bertz CT molecular complexity index is 622. The second-order valence-electron chi connectivity index (χ2n) is 4.39. The molecule has 0 N–H and O–H groups in total. The van der Waals surface area contributed by atoms with E-state index in [1.165, 1.54) is 18.9 Å². The highest BCUT2D eigenvalue weighted by Gasteiger charge is 2.33. The number of anilines is 1. The van der Waals surface area contributed by atoms with Crippen LogP contribution >= 0.6 is 11.6 Å². The zero-order chi connectivity index (χ0) is 17.0. The molecule has 0 amide bonds. The van der Waals surface area contributed by atoms with Gasteiger partial charge in [-0.25, -0.2) is 9.78 Å². The molecule has 1 rings (SSSR count). The quantitative estimate of drug-likeness (QED) is 0.334. The van der Waals surface area contributed by atoms with Crippen molar-refractivity contribution in [3.05, 3.63) is 21.1 Å². The third-order valence-corrected chi connectivity index (χ3v) is 3.16. The van der Waals surface area contributed by atoms with Crippen LogP contribution in [-0.4, -0.2) is 46.3 Å². The molecule has 0 radical (unpaired) electrons. The van der Waals surface area contributed by atoms with E-state index in [0.29, 0.717) is 0 Å². The number of carbonyl (C=O) groups is 2. The van der Waals surface area contributed by atoms with Crippen molar-refractivity contribution in [1.29, 1.82) is 0 Å². The number of hydrogen-bond donors (Lipinski definition) is 0. The molecule has 0 fully saturated rings. The lowest BCUT2D eigenvalue weighted by Gasteiger charge is -2.23. The van der Waals surface area contributed by atoms with Gasteiger partial charge < -0.3 is 9.64 Å². The van der Waals surface area contributed by atoms with Crippen molar-refractivity contribution >= 4 is 34.9 Å². The lowest BCUT2D eigenvalue weighted by molar-refractivity contribution is -0.385. The topological polar surface area (TPSA) is 116 Å². The first kappa shape index (κ1) is 17.8. The summed E-state index contributed by atoms with van der Waals surface area (Å²) in [7, 11) is 1.44. The molecule has 1 aromatic heterocycles. The van der Waals surface area contributed by atoms with Crippen molar-refractivity contribution in [3.63, 3.8) is 0 Å². The molecule has 0 aliphatic heterocycles. The highest BCUT2D eigenvalue weighted by atomic mass is 35.5. The van der Waals surface area contributed by atoms with Gasteiger partial charge in [-0.1, -0.05) is 0 Å². The molecule has 0 aliphatic carbocycles. The number of likely N-dealkylation sites (N-methyl/N-ethyl adjacent to an activating group) is 1. The largest absolute Gasteiger partial charge is 0.461 e. The van der Waals surface area contributed by atoms with Gasteiger partial charge in [0.25, 0.3) is 0 Å². The maximum absolute atomic E-state index is 11.8. The molecule has 120 valence electrons. The molecule has 0 aromatic carbocycles. The van der Waals surface area contributed by atoms with Gasteiger partial charge in [-0.05, 0) is 32.4 Å². The van der Waals surface area contributed by atoms with Crippen LogP contribution in [0.1, 0.15) is 31.3 Å². The Kier molecular flexibility index (Phi) is 5.75. The fourth-order valence-corrected chi connectivity index (χ4v) is 1.79. The van der Waals surface area contributed by atoms with E-state index in [1.807, 2.05) is 0 Å². The summed E-state index contributed by atoms with van der Waals surface area (Å²) in [6, 6.07) is -0.695. The van der Waals surface area contributed by atoms with Gasteiger partial charge in [0.2, 0.25) is 16.8 Å². The summed E-state index contributed by atoms with van der Waals surface area (Å²) in [6.45, 7) is 4.46. The lowest BCUT2D eigenvalue weighted by Crippen LogP contribution is -2.36. The van der Waals surface area contributed by atoms with Gasteiger partial charge in [-0.15, -0.1) is 0 Å². The summed E-state index contributed by atoms with van der Waals surface area (Å²) < 4.78 is 4.74. The monoisotopic (exact) mass is 330 g/mol. The molecule has 0 aliphatic rings. The van der Waals surface area contributed by atoms with Crippen LogP contribution in [0.25, 0.3) is 0 Å². The van der Waals surface area contributed by atoms with Crippen molar-refractivity contribution in [2.45, 2.75) is 26.8 Å². The molecule has 9 nitrogen and oxygen atoms in total. The van der Waals surface area contributed by atoms with Crippen molar-refractivity contribution < 1.29 is 19.2 Å². The van der Waals surface area contributed by atoms with Crippen LogP contribution in [0.2, 0.25) is 5.28 Å². The number of ketones is 1. The SMILES string of the molecule is CCOC(=O)c1nc(Cl)nc(N(C)[C@@H](C)C(C)=O)c1[N+](=O)[O-]. The van der Waals surface area contributed by atoms with Gasteiger partial charge >= 0.3 is 11.7 Å². The Labute approximate surface area is 131 Å². The van der Waals surface area contributed by atoms with Crippen LogP contribution in [0.4, 0.5) is 11.5 Å². The molecular weight excluding hydrogens is 316 g/mol. The Morgan fingerprint density at radius 2 is 2.05 bits per heavy atom. The first-order valence-corrected chi connectivity index (χ1v) is 6.70. The summed E-state index contributed by atoms with van der Waals surface area (Å²) in [4.78, 5) is 42.5. The summed E-state index contributed by atoms with van der Waals surface area (Å²) >= 11 is 5.74. The third kappa shape index (κ3) is 3.67. The number of aromatic nitrogens is 2. The summed E-state index contributed by atoms with van der Waals surface area (Å²) in [5, 5.41) is 11.0. The first-order chi connectivity index (χ1) is 10.2. The van der Waals surface area contributed by atoms with Crippen molar-refractivity contribution in [2.24, 2.45) is 0 Å². The summed E-state index contributed by atoms with van der Waals surface area (Å²) in [5.74, 6) is -1.44. The maximum Gasteiger partial charge on any atom is 0.364 e. The van der Waals surface area contributed by atoms with Crippen LogP contribution in [-0.2, 0) is 9.53 Å². The number of nitrogens with zero attached hydrogens (tertiary/aromatic N) is 4. The summed E-state index contributed by atoms with van der Waals surface area (Å²) in [6.07, 6.45) is 0. The zero-order valence-electron chi connectivity index (χ0n) is 12.5. The van der Waals surface area contributed by atoms with Gasteiger partial charge in [0.1, 0.15) is 0 Å². The van der Waals surface area contributed by atoms with E-state index in [-0.39, 0.29) is 23.5 Å². The van der Waals surface area contributed by atoms with E-state index in [9.17, 15) is 19.7 Å². The molecule has 1 aromatic rings. The van der Waals surface area contributed by atoms with Crippen LogP contribution in [0.15, 0.2) is 0 Å². The fourth-order valence-electron chi connectivity index (χ4n) is 1.63. The summed E-state index contributed by atoms with van der Waals surface area (Å²) in [5.41, 5.74) is -1.21. The van der Waals surface area contributed by atoms with Crippen molar-refractivity contribution in [1.82, 2.24) is 9.97 Å². The highest BCUT2D eigenvalue weighted by molar-refractivity contribution is 6.28. The second kappa shape index (κ2) is 7.12. The van der Waals surface area contributed by atoms with Crippen molar-refractivity contribution in [2.75, 3.05) is 18.6 Å². The third-order valence-electron chi connectivity index (χ3n) is 2.99. The molecule has 0 saturated carbocycles. The minimum absolute atomic E-state index is 0.0205. The minimum atomic E-state index is -0.983. The molecular formula is C12H15ClN4O5. The number of hydrogen-bond acceptors (Lipinski definition) is 8. The highest BCUT2D eigenvalue weighted by Crippen LogP contribution is 2.31. The van der Waals surface area contributed by atoms with E-state index in [4.69, 9.17) is 16.3 Å². The van der Waals surface area contributed by atoms with Gasteiger partial charge in [0, 0.05) is 7.05 Å². The van der Waals surface area contributed by atoms with E-state index < -0.39 is 28.3 Å². The Hall–Kier alpha value is -2.29. The molecule has 10 heteroatoms. The lowest BCUT2D eigenvalue weighted by atomic mass is 10.2. The molecule has 0 bridgehead atoms. The Morgan fingerprint density at radius 3 is 2.50 bits per heavy atom. The molecule has 0 saturated heterocycles. The van der Waals surface area contributed by atoms with Crippen LogP contribution in [0.5, 0.6) is 0 Å². The average Bonchev–Trinajstić information content (AvgIpc) is 2.44. The first-order valence-electron chi connectivity index (χ1n) is 6.33. The predicted molar refractivity (Wildman–Crippen MR) is 78.2 cm³/mol. The number of rotatable bonds is 6. The average molecular weight is 331 g/mol. The van der Waals surface area contributed by atoms with E-state index in [2.05, 4.69) is 9.97 Å². The Morgan fingerprint density at radius 1 is 1.45 bits per heavy atom. The second-order valence-corrected chi connectivity index (χ2v) is 4.73. The molecule has 1 heterocycles. The zero-order valence-corrected chi connectivity index (χ0v) is 13.2. The van der Waals surface area contributed by atoms with Gasteiger partial charge in [-0.2, -0.15) is 4.98 Å². The molecule has 1 atom stereocenters. The normalized spacial score (nSPS) is 11.7. The number of ether oxygens (including phenoxy) is 1. The van der Waals surface area contributed by atoms with Gasteiger partial charge in [0.15, 0.2) is 5.78 Å². The number of carbonyl (C=O) groups excluding carboxylic acids is 2. The van der Waals surface area contributed by atoms with Gasteiger partial charge in [0.05, 0.1) is 17.6 Å². The van der Waals surface area contributed by atoms with E-state index in [0.717, 1.165) is 0 Å². The molecule has 0 unspecified atom stereocenters. The predicted octanol–water partition coefficient (Wildman–Crippen LogP) is 1.63. The fraction of sp³-hybridized carbons (Fsp3) is 0.500. The minimum Gasteiger partial charge on any atom is -0.461 e. The van der Waals surface area contributed by atoms with Crippen molar-refractivity contribution in [3.8, 4) is 0 Å². The standard InChI is InChI=1S/C12H15ClN4O5/c1-5-22-11(19)8-9(17(20)21)10(15-12(13)14-8)16(4)6(2)7(3)18/h6H,5H2,1-4H3/t6-/m0/s1. The molecule has 22 heavy (non-hydrogen) atoms. The van der Waals surface area contributed by atoms with Crippen LogP contribution in [0.3, 0.4) is 0 Å². The number of halogens is 1. The van der Waals surface area contributed by atoms with Crippen LogP contribution in [0, 0.1) is 10.1 Å². The van der Waals surface area contributed by atoms with Crippen LogP contribution < -0.4 is 4.90 Å². The number of Topliss-reactive ketones (excluding diaryl/α,β-unsaturated/α-hetero) is 1. The Balaban J connectivity index is 3.53. The number of esters is 1. The molecule has 0 spiro atoms. The smallest absolute Gasteiger partial charge is 0.364 e. The maximum atomic E-state index is 11.8. The number of nitro groups is 1. The van der Waals surface area contributed by atoms with E-state index in [1.54, 1.807) is 13.8 Å². The van der Waals surface area contributed by atoms with Gasteiger partial charge in [-0.3, -0.25) is 14.9 Å². The van der Waals surface area contributed by atoms with E-state index >= 15 is 0 Å².